The van der Waals surface area contributed by atoms with E-state index in [2.05, 4.69) is 21.6 Å². The molecule has 0 fully saturated rings. The summed E-state index contributed by atoms with van der Waals surface area (Å²) in [6, 6.07) is 4.01. The summed E-state index contributed by atoms with van der Waals surface area (Å²) < 4.78 is 0. The van der Waals surface area contributed by atoms with Crippen LogP contribution < -0.4 is 10.6 Å². The number of thiocarbonyl (C=S) groups is 1. The highest BCUT2D eigenvalue weighted by Gasteiger charge is 2.06. The monoisotopic (exact) mass is 285 g/mol. The standard InChI is InChI=1S/C13H20ClN3S/c1-9-7-10(2)12(11(14)8-9)16-13(18)15-5-6-17(3)4/h7-8H,5-6H2,1-4H3,(H2,15,16,18). The van der Waals surface area contributed by atoms with Crippen LogP contribution in [0.5, 0.6) is 0 Å². The first kappa shape index (κ1) is 15.2. The van der Waals surface area contributed by atoms with Gasteiger partial charge in [-0.25, -0.2) is 0 Å². The zero-order valence-corrected chi connectivity index (χ0v) is 12.9. The molecule has 0 heterocycles. The van der Waals surface area contributed by atoms with Crippen molar-refractivity contribution >= 4 is 34.6 Å². The Bertz CT molecular complexity index is 409. The van der Waals surface area contributed by atoms with E-state index in [-0.39, 0.29) is 0 Å². The molecule has 0 radical (unpaired) electrons. The van der Waals surface area contributed by atoms with Crippen LogP contribution in [0, 0.1) is 13.8 Å². The molecule has 1 rings (SSSR count). The molecule has 1 aromatic rings. The second-order valence-corrected chi connectivity index (χ2v) is 5.44. The maximum absolute atomic E-state index is 6.21. The number of likely N-dealkylation sites (N-methyl/N-ethyl adjacent to an activating group) is 1. The molecule has 0 aliphatic carbocycles. The fraction of sp³-hybridized carbons (Fsp3) is 0.462. The van der Waals surface area contributed by atoms with E-state index in [0.29, 0.717) is 10.1 Å². The molecule has 0 saturated heterocycles. The van der Waals surface area contributed by atoms with Crippen molar-refractivity contribution in [3.05, 3.63) is 28.3 Å². The van der Waals surface area contributed by atoms with E-state index >= 15 is 0 Å². The molecule has 5 heteroatoms. The molecule has 0 bridgehead atoms. The predicted molar refractivity (Wildman–Crippen MR) is 83.7 cm³/mol. The van der Waals surface area contributed by atoms with Crippen LogP contribution in [-0.4, -0.2) is 37.2 Å². The zero-order valence-electron chi connectivity index (χ0n) is 11.3. The van der Waals surface area contributed by atoms with Gasteiger partial charge in [-0.05, 0) is 57.4 Å². The largest absolute Gasteiger partial charge is 0.361 e. The lowest BCUT2D eigenvalue weighted by molar-refractivity contribution is 0.413. The topological polar surface area (TPSA) is 27.3 Å². The third-order valence-corrected chi connectivity index (χ3v) is 3.06. The quantitative estimate of drug-likeness (QED) is 0.832. The van der Waals surface area contributed by atoms with Crippen LogP contribution in [0.25, 0.3) is 0 Å². The Hall–Kier alpha value is -0.840. The van der Waals surface area contributed by atoms with E-state index in [1.165, 1.54) is 0 Å². The molecular formula is C13H20ClN3S. The van der Waals surface area contributed by atoms with Gasteiger partial charge in [0, 0.05) is 13.1 Å². The number of hydrogen-bond acceptors (Lipinski definition) is 2. The first-order valence-corrected chi connectivity index (χ1v) is 6.65. The van der Waals surface area contributed by atoms with Gasteiger partial charge in [-0.15, -0.1) is 0 Å². The molecule has 100 valence electrons. The molecule has 0 aliphatic rings. The second kappa shape index (κ2) is 6.92. The number of nitrogens with zero attached hydrogens (tertiary/aromatic N) is 1. The maximum Gasteiger partial charge on any atom is 0.170 e. The van der Waals surface area contributed by atoms with Crippen LogP contribution in [0.1, 0.15) is 11.1 Å². The van der Waals surface area contributed by atoms with E-state index in [1.54, 1.807) is 0 Å². The predicted octanol–water partition coefficient (Wildman–Crippen LogP) is 2.80. The number of hydrogen-bond donors (Lipinski definition) is 2. The molecule has 1 aromatic carbocycles. The SMILES string of the molecule is Cc1cc(C)c(NC(=S)NCCN(C)C)c(Cl)c1. The van der Waals surface area contributed by atoms with Gasteiger partial charge in [0.1, 0.15) is 0 Å². The van der Waals surface area contributed by atoms with Crippen molar-refractivity contribution in [3.8, 4) is 0 Å². The van der Waals surface area contributed by atoms with Gasteiger partial charge in [-0.1, -0.05) is 17.7 Å². The number of rotatable bonds is 4. The molecule has 0 amide bonds. The van der Waals surface area contributed by atoms with Crippen molar-refractivity contribution in [2.75, 3.05) is 32.5 Å². The van der Waals surface area contributed by atoms with E-state index in [0.717, 1.165) is 29.9 Å². The summed E-state index contributed by atoms with van der Waals surface area (Å²) in [5.74, 6) is 0. The summed E-state index contributed by atoms with van der Waals surface area (Å²) in [7, 11) is 4.05. The minimum atomic E-state index is 0.603. The van der Waals surface area contributed by atoms with Crippen LogP contribution >= 0.6 is 23.8 Å². The van der Waals surface area contributed by atoms with Gasteiger partial charge in [0.15, 0.2) is 5.11 Å². The molecule has 0 aliphatic heterocycles. The van der Waals surface area contributed by atoms with Gasteiger partial charge in [0.2, 0.25) is 0 Å². The average molecular weight is 286 g/mol. The molecule has 0 atom stereocenters. The molecule has 0 saturated carbocycles. The Balaban J connectivity index is 2.59. The number of nitrogens with one attached hydrogen (secondary N) is 2. The van der Waals surface area contributed by atoms with Crippen molar-refractivity contribution in [2.24, 2.45) is 0 Å². The second-order valence-electron chi connectivity index (χ2n) is 4.62. The number of anilines is 1. The molecular weight excluding hydrogens is 266 g/mol. The normalized spacial score (nSPS) is 10.6. The lowest BCUT2D eigenvalue weighted by Gasteiger charge is -2.16. The maximum atomic E-state index is 6.21. The fourth-order valence-corrected chi connectivity index (χ4v) is 2.20. The van der Waals surface area contributed by atoms with Gasteiger partial charge < -0.3 is 15.5 Å². The third kappa shape index (κ3) is 4.80. The van der Waals surface area contributed by atoms with Crippen LogP contribution in [0.2, 0.25) is 5.02 Å². The van der Waals surface area contributed by atoms with E-state index in [1.807, 2.05) is 34.0 Å². The number of halogens is 1. The molecule has 2 N–H and O–H groups in total. The lowest BCUT2D eigenvalue weighted by Crippen LogP contribution is -2.34. The minimum Gasteiger partial charge on any atom is -0.361 e. The lowest BCUT2D eigenvalue weighted by atomic mass is 10.1. The molecule has 18 heavy (non-hydrogen) atoms. The first-order chi connectivity index (χ1) is 8.40. The Morgan fingerprint density at radius 3 is 2.56 bits per heavy atom. The summed E-state index contributed by atoms with van der Waals surface area (Å²) in [5.41, 5.74) is 3.12. The number of aryl methyl sites for hydroxylation is 2. The van der Waals surface area contributed by atoms with Gasteiger partial charge in [-0.3, -0.25) is 0 Å². The van der Waals surface area contributed by atoms with Crippen LogP contribution in [-0.2, 0) is 0 Å². The Kier molecular flexibility index (Phi) is 5.85. The summed E-state index contributed by atoms with van der Waals surface area (Å²) in [6.45, 7) is 5.78. The van der Waals surface area contributed by atoms with Gasteiger partial charge in [-0.2, -0.15) is 0 Å². The minimum absolute atomic E-state index is 0.603. The molecule has 0 unspecified atom stereocenters. The Labute approximate surface area is 120 Å². The highest BCUT2D eigenvalue weighted by atomic mass is 35.5. The summed E-state index contributed by atoms with van der Waals surface area (Å²) >= 11 is 11.4. The average Bonchev–Trinajstić information content (AvgIpc) is 2.22. The summed E-state index contributed by atoms with van der Waals surface area (Å²) in [4.78, 5) is 2.10. The molecule has 0 spiro atoms. The smallest absolute Gasteiger partial charge is 0.170 e. The van der Waals surface area contributed by atoms with Crippen molar-refractivity contribution in [2.45, 2.75) is 13.8 Å². The van der Waals surface area contributed by atoms with Crippen LogP contribution in [0.3, 0.4) is 0 Å². The van der Waals surface area contributed by atoms with E-state index in [4.69, 9.17) is 23.8 Å². The van der Waals surface area contributed by atoms with Crippen molar-refractivity contribution in [1.82, 2.24) is 10.2 Å². The highest BCUT2D eigenvalue weighted by Crippen LogP contribution is 2.27. The van der Waals surface area contributed by atoms with E-state index in [9.17, 15) is 0 Å². The van der Waals surface area contributed by atoms with Crippen LogP contribution in [0.15, 0.2) is 12.1 Å². The summed E-state index contributed by atoms with van der Waals surface area (Å²) in [5, 5.41) is 7.60. The fourth-order valence-electron chi connectivity index (χ4n) is 1.62. The van der Waals surface area contributed by atoms with Crippen molar-refractivity contribution < 1.29 is 0 Å². The Morgan fingerprint density at radius 1 is 1.33 bits per heavy atom. The Morgan fingerprint density at radius 2 is 2.00 bits per heavy atom. The highest BCUT2D eigenvalue weighted by molar-refractivity contribution is 7.80. The van der Waals surface area contributed by atoms with Crippen molar-refractivity contribution in [3.63, 3.8) is 0 Å². The third-order valence-electron chi connectivity index (χ3n) is 2.51. The molecule has 3 nitrogen and oxygen atoms in total. The summed E-state index contributed by atoms with van der Waals surface area (Å²) in [6.07, 6.45) is 0. The van der Waals surface area contributed by atoms with Gasteiger partial charge in [0.05, 0.1) is 10.7 Å². The van der Waals surface area contributed by atoms with Gasteiger partial charge >= 0.3 is 0 Å². The van der Waals surface area contributed by atoms with Gasteiger partial charge in [0.25, 0.3) is 0 Å². The molecule has 0 aromatic heterocycles. The first-order valence-electron chi connectivity index (χ1n) is 5.86. The number of benzene rings is 1. The van der Waals surface area contributed by atoms with Crippen molar-refractivity contribution in [1.29, 1.82) is 0 Å². The zero-order chi connectivity index (χ0) is 13.7. The van der Waals surface area contributed by atoms with E-state index < -0.39 is 0 Å². The van der Waals surface area contributed by atoms with Crippen LogP contribution in [0.4, 0.5) is 5.69 Å².